The lowest BCUT2D eigenvalue weighted by Gasteiger charge is -2.15. The van der Waals surface area contributed by atoms with Crippen LogP contribution in [0.3, 0.4) is 0 Å². The van der Waals surface area contributed by atoms with E-state index in [-0.39, 0.29) is 24.7 Å². The first-order chi connectivity index (χ1) is 10.6. The molecule has 0 saturated carbocycles. The number of aromatic nitrogens is 3. The van der Waals surface area contributed by atoms with E-state index in [9.17, 15) is 14.4 Å². The number of imide groups is 1. The van der Waals surface area contributed by atoms with Crippen LogP contribution in [0.15, 0.2) is 0 Å². The minimum Gasteiger partial charge on any atom is -0.349 e. The zero-order valence-corrected chi connectivity index (χ0v) is 12.1. The summed E-state index contributed by atoms with van der Waals surface area (Å²) in [7, 11) is 0. The van der Waals surface area contributed by atoms with Crippen LogP contribution in [-0.2, 0) is 29.1 Å². The van der Waals surface area contributed by atoms with Crippen molar-refractivity contribution in [3.05, 3.63) is 11.6 Å². The number of aryl methyl sites for hydroxylation is 1. The Morgan fingerprint density at radius 3 is 2.95 bits per heavy atom. The molecule has 0 aromatic carbocycles. The van der Waals surface area contributed by atoms with Gasteiger partial charge in [-0.1, -0.05) is 0 Å². The second kappa shape index (κ2) is 6.12. The van der Waals surface area contributed by atoms with Gasteiger partial charge in [0.1, 0.15) is 11.9 Å². The van der Waals surface area contributed by atoms with Crippen molar-refractivity contribution < 1.29 is 14.4 Å². The summed E-state index contributed by atoms with van der Waals surface area (Å²) in [6, 6.07) is -1.13. The monoisotopic (exact) mass is 306 g/mol. The predicted octanol–water partition coefficient (Wildman–Crippen LogP) is -0.781. The van der Waals surface area contributed by atoms with Crippen LogP contribution in [-0.4, -0.2) is 38.7 Å². The summed E-state index contributed by atoms with van der Waals surface area (Å²) in [5, 5.41) is 15.6. The van der Waals surface area contributed by atoms with Gasteiger partial charge in [-0.3, -0.25) is 14.9 Å². The van der Waals surface area contributed by atoms with E-state index in [4.69, 9.17) is 0 Å². The largest absolute Gasteiger partial charge is 0.349 e. The van der Waals surface area contributed by atoms with E-state index < -0.39 is 12.1 Å². The van der Waals surface area contributed by atoms with Crippen LogP contribution in [0.1, 0.15) is 37.3 Å². The van der Waals surface area contributed by atoms with Crippen molar-refractivity contribution in [1.29, 1.82) is 0 Å². The molecular weight excluding hydrogens is 288 g/mol. The molecule has 1 atom stereocenters. The van der Waals surface area contributed by atoms with Gasteiger partial charge in [0.15, 0.2) is 5.82 Å². The normalized spacial score (nSPS) is 20.3. The summed E-state index contributed by atoms with van der Waals surface area (Å²) in [5.74, 6) is 1.17. The van der Waals surface area contributed by atoms with Crippen molar-refractivity contribution in [2.24, 2.45) is 0 Å². The fourth-order valence-corrected chi connectivity index (χ4v) is 2.70. The third-order valence-corrected chi connectivity index (χ3v) is 3.90. The van der Waals surface area contributed by atoms with E-state index in [1.165, 1.54) is 0 Å². The minimum absolute atomic E-state index is 0.166. The molecule has 0 radical (unpaired) electrons. The van der Waals surface area contributed by atoms with Gasteiger partial charge in [0.05, 0.1) is 6.54 Å². The highest BCUT2D eigenvalue weighted by atomic mass is 16.2. The molecule has 3 heterocycles. The highest BCUT2D eigenvalue weighted by Crippen LogP contribution is 2.14. The number of carbonyl (C=O) groups is 3. The number of carbonyl (C=O) groups excluding carboxylic acids is 3. The highest BCUT2D eigenvalue weighted by Gasteiger charge is 2.29. The second-order valence-corrected chi connectivity index (χ2v) is 5.47. The molecular formula is C13H18N6O3. The first-order valence-corrected chi connectivity index (χ1v) is 7.42. The average Bonchev–Trinajstić information content (AvgIpc) is 3.06. The van der Waals surface area contributed by atoms with Gasteiger partial charge < -0.3 is 15.2 Å². The molecule has 4 amide bonds. The van der Waals surface area contributed by atoms with E-state index in [0.717, 1.165) is 37.5 Å². The van der Waals surface area contributed by atoms with Crippen LogP contribution < -0.4 is 16.0 Å². The van der Waals surface area contributed by atoms with Gasteiger partial charge in [-0.15, -0.1) is 10.2 Å². The van der Waals surface area contributed by atoms with Gasteiger partial charge in [0.2, 0.25) is 5.91 Å². The molecule has 118 valence electrons. The fraction of sp³-hybridized carbons (Fsp3) is 0.615. The molecule has 3 rings (SSSR count). The summed E-state index contributed by atoms with van der Waals surface area (Å²) in [6.07, 6.45) is 3.60. The lowest BCUT2D eigenvalue weighted by atomic mass is 10.1. The molecule has 22 heavy (non-hydrogen) atoms. The third kappa shape index (κ3) is 3.07. The van der Waals surface area contributed by atoms with E-state index in [0.29, 0.717) is 6.54 Å². The Kier molecular flexibility index (Phi) is 4.03. The van der Waals surface area contributed by atoms with E-state index >= 15 is 0 Å². The zero-order valence-electron chi connectivity index (χ0n) is 12.1. The molecule has 1 unspecified atom stereocenters. The molecule has 9 nitrogen and oxygen atoms in total. The molecule has 0 aliphatic carbocycles. The van der Waals surface area contributed by atoms with Crippen LogP contribution in [0.2, 0.25) is 0 Å². The Hall–Kier alpha value is -2.45. The molecule has 2 aliphatic rings. The quantitative estimate of drug-likeness (QED) is 0.617. The highest BCUT2D eigenvalue weighted by molar-refractivity contribution is 6.04. The van der Waals surface area contributed by atoms with Crippen LogP contribution in [0.5, 0.6) is 0 Å². The first-order valence-electron chi connectivity index (χ1n) is 7.42. The lowest BCUT2D eigenvalue weighted by Crippen LogP contribution is -2.32. The van der Waals surface area contributed by atoms with Crippen LogP contribution in [0, 0.1) is 0 Å². The van der Waals surface area contributed by atoms with Crippen molar-refractivity contribution >= 4 is 17.8 Å². The Morgan fingerprint density at radius 1 is 1.32 bits per heavy atom. The Morgan fingerprint density at radius 2 is 2.18 bits per heavy atom. The number of rotatable bonds is 5. The van der Waals surface area contributed by atoms with Gasteiger partial charge in [-0.05, 0) is 19.3 Å². The maximum absolute atomic E-state index is 11.8. The van der Waals surface area contributed by atoms with Crippen molar-refractivity contribution in [1.82, 2.24) is 30.7 Å². The van der Waals surface area contributed by atoms with Gasteiger partial charge >= 0.3 is 6.03 Å². The fourth-order valence-electron chi connectivity index (χ4n) is 2.70. The SMILES string of the molecule is O=C(CCC1NC(=O)NC1=O)NCc1nnc2n1CCCC2. The van der Waals surface area contributed by atoms with Crippen LogP contribution in [0.4, 0.5) is 4.79 Å². The molecule has 1 fully saturated rings. The summed E-state index contributed by atoms with van der Waals surface area (Å²) in [4.78, 5) is 34.2. The summed E-state index contributed by atoms with van der Waals surface area (Å²) >= 11 is 0. The van der Waals surface area contributed by atoms with E-state index in [1.54, 1.807) is 0 Å². The molecule has 1 aromatic rings. The number of hydrogen-bond acceptors (Lipinski definition) is 5. The minimum atomic E-state index is -0.626. The number of amides is 4. The maximum Gasteiger partial charge on any atom is 0.322 e. The van der Waals surface area contributed by atoms with Crippen molar-refractivity contribution in [2.75, 3.05) is 0 Å². The molecule has 2 aliphatic heterocycles. The molecule has 0 bridgehead atoms. The van der Waals surface area contributed by atoms with Gasteiger partial charge in [0, 0.05) is 19.4 Å². The summed E-state index contributed by atoms with van der Waals surface area (Å²) < 4.78 is 2.05. The van der Waals surface area contributed by atoms with Gasteiger partial charge in [-0.25, -0.2) is 4.79 Å². The Labute approximate surface area is 126 Å². The Balaban J connectivity index is 1.45. The van der Waals surface area contributed by atoms with Crippen LogP contribution >= 0.6 is 0 Å². The topological polar surface area (TPSA) is 118 Å². The zero-order chi connectivity index (χ0) is 15.5. The molecule has 1 saturated heterocycles. The van der Waals surface area contributed by atoms with Crippen molar-refractivity contribution in [3.8, 4) is 0 Å². The van der Waals surface area contributed by atoms with Crippen molar-refractivity contribution in [2.45, 2.75) is 51.2 Å². The summed E-state index contributed by atoms with van der Waals surface area (Å²) in [6.45, 7) is 1.22. The third-order valence-electron chi connectivity index (χ3n) is 3.90. The smallest absolute Gasteiger partial charge is 0.322 e. The molecule has 3 N–H and O–H groups in total. The van der Waals surface area contributed by atoms with Gasteiger partial charge in [0.25, 0.3) is 5.91 Å². The van der Waals surface area contributed by atoms with Crippen LogP contribution in [0.25, 0.3) is 0 Å². The number of nitrogens with one attached hydrogen (secondary N) is 3. The number of urea groups is 1. The number of nitrogens with zero attached hydrogens (tertiary/aromatic N) is 3. The Bertz CT molecular complexity index is 611. The lowest BCUT2D eigenvalue weighted by molar-refractivity contribution is -0.122. The maximum atomic E-state index is 11.8. The number of hydrogen-bond donors (Lipinski definition) is 3. The van der Waals surface area contributed by atoms with E-state index in [1.807, 2.05) is 0 Å². The first kappa shape index (κ1) is 14.5. The molecule has 9 heteroatoms. The molecule has 0 spiro atoms. The summed E-state index contributed by atoms with van der Waals surface area (Å²) in [5.41, 5.74) is 0. The van der Waals surface area contributed by atoms with Gasteiger partial charge in [-0.2, -0.15) is 0 Å². The number of fused-ring (bicyclic) bond motifs is 1. The molecule has 1 aromatic heterocycles. The van der Waals surface area contributed by atoms with E-state index in [2.05, 4.69) is 30.7 Å². The second-order valence-electron chi connectivity index (χ2n) is 5.47. The standard InChI is InChI=1S/C13H18N6O3/c20-11(5-4-8-12(21)16-13(22)15-8)14-7-10-18-17-9-3-1-2-6-19(9)10/h8H,1-7H2,(H,14,20)(H2,15,16,21,22). The average molecular weight is 306 g/mol. The predicted molar refractivity (Wildman–Crippen MR) is 74.5 cm³/mol. The van der Waals surface area contributed by atoms with Crippen molar-refractivity contribution in [3.63, 3.8) is 0 Å².